The van der Waals surface area contributed by atoms with Gasteiger partial charge in [-0.25, -0.2) is 4.79 Å². The molecule has 0 fully saturated rings. The zero-order valence-corrected chi connectivity index (χ0v) is 20.1. The summed E-state index contributed by atoms with van der Waals surface area (Å²) in [6.07, 6.45) is 0.0667. The highest BCUT2D eigenvalue weighted by Gasteiger charge is 2.25. The zero-order valence-electron chi connectivity index (χ0n) is 19.2. The Bertz CT molecular complexity index is 905. The quantitative estimate of drug-likeness (QED) is 0.546. The third kappa shape index (κ3) is 8.24. The van der Waals surface area contributed by atoms with Crippen LogP contribution in [0.1, 0.15) is 64.1 Å². The van der Waals surface area contributed by atoms with Gasteiger partial charge in [0.25, 0.3) is 5.22 Å². The Morgan fingerprint density at radius 3 is 2.55 bits per heavy atom. The Labute approximate surface area is 187 Å². The molecule has 2 N–H and O–H groups in total. The van der Waals surface area contributed by atoms with Crippen molar-refractivity contribution in [3.63, 3.8) is 0 Å². The van der Waals surface area contributed by atoms with Crippen LogP contribution in [-0.2, 0) is 9.53 Å². The fourth-order valence-electron chi connectivity index (χ4n) is 2.76. The number of carbonyl (C=O) groups is 2. The number of amides is 2. The summed E-state index contributed by atoms with van der Waals surface area (Å²) in [6, 6.07) is 5.30. The number of rotatable bonds is 8. The van der Waals surface area contributed by atoms with Crippen LogP contribution in [0.25, 0.3) is 0 Å². The van der Waals surface area contributed by atoms with E-state index in [1.54, 1.807) is 20.8 Å². The number of nitrogens with zero attached hydrogens (tertiary/aromatic N) is 2. The van der Waals surface area contributed by atoms with Gasteiger partial charge in [0.05, 0.1) is 5.75 Å². The van der Waals surface area contributed by atoms with Gasteiger partial charge in [-0.2, -0.15) is 0 Å². The number of benzene rings is 1. The highest BCUT2D eigenvalue weighted by Crippen LogP contribution is 2.25. The second-order valence-electron chi connectivity index (χ2n) is 8.82. The van der Waals surface area contributed by atoms with E-state index < -0.39 is 17.7 Å². The number of hydrogen-bond acceptors (Lipinski definition) is 7. The lowest BCUT2D eigenvalue weighted by Gasteiger charge is -2.22. The van der Waals surface area contributed by atoms with Gasteiger partial charge in [0, 0.05) is 5.69 Å². The SMILES string of the molecule is Cc1cccc(NC(=O)CSc2nnc(C(CC(C)C)NC(=O)OC(C)(C)C)o2)c1C. The van der Waals surface area contributed by atoms with Gasteiger partial charge >= 0.3 is 6.09 Å². The molecule has 9 heteroatoms. The van der Waals surface area contributed by atoms with Gasteiger partial charge in [-0.05, 0) is 64.2 Å². The molecule has 2 rings (SSSR count). The Hall–Kier alpha value is -2.55. The van der Waals surface area contributed by atoms with E-state index >= 15 is 0 Å². The molecular formula is C22H32N4O4S. The summed E-state index contributed by atoms with van der Waals surface area (Å²) in [7, 11) is 0. The van der Waals surface area contributed by atoms with Crippen LogP contribution < -0.4 is 10.6 Å². The van der Waals surface area contributed by atoms with Gasteiger partial charge in [-0.3, -0.25) is 4.79 Å². The monoisotopic (exact) mass is 448 g/mol. The van der Waals surface area contributed by atoms with Crippen molar-refractivity contribution in [2.75, 3.05) is 11.1 Å². The van der Waals surface area contributed by atoms with E-state index in [4.69, 9.17) is 9.15 Å². The Morgan fingerprint density at radius 2 is 1.90 bits per heavy atom. The first kappa shape index (κ1) is 24.7. The smallest absolute Gasteiger partial charge is 0.408 e. The average Bonchev–Trinajstić information content (AvgIpc) is 3.10. The summed E-state index contributed by atoms with van der Waals surface area (Å²) in [5, 5.41) is 14.0. The van der Waals surface area contributed by atoms with Crippen molar-refractivity contribution in [3.05, 3.63) is 35.2 Å². The minimum absolute atomic E-state index is 0.128. The minimum Gasteiger partial charge on any atom is -0.444 e. The van der Waals surface area contributed by atoms with Crippen molar-refractivity contribution >= 4 is 29.4 Å². The highest BCUT2D eigenvalue weighted by molar-refractivity contribution is 7.99. The highest BCUT2D eigenvalue weighted by atomic mass is 32.2. The van der Waals surface area contributed by atoms with E-state index in [0.29, 0.717) is 6.42 Å². The van der Waals surface area contributed by atoms with Crippen LogP contribution in [0.4, 0.5) is 10.5 Å². The van der Waals surface area contributed by atoms with Gasteiger partial charge in [0.2, 0.25) is 11.8 Å². The van der Waals surface area contributed by atoms with Crippen LogP contribution >= 0.6 is 11.8 Å². The lowest BCUT2D eigenvalue weighted by molar-refractivity contribution is -0.113. The second-order valence-corrected chi connectivity index (χ2v) is 9.75. The summed E-state index contributed by atoms with van der Waals surface area (Å²) in [5.41, 5.74) is 2.33. The maximum absolute atomic E-state index is 12.3. The molecule has 1 heterocycles. The maximum Gasteiger partial charge on any atom is 0.408 e. The normalized spacial score (nSPS) is 12.5. The number of nitrogens with one attached hydrogen (secondary N) is 2. The Balaban J connectivity index is 1.98. The summed E-state index contributed by atoms with van der Waals surface area (Å²) >= 11 is 1.15. The molecule has 170 valence electrons. The molecular weight excluding hydrogens is 416 g/mol. The second kappa shape index (κ2) is 10.7. The average molecular weight is 449 g/mol. The van der Waals surface area contributed by atoms with E-state index in [-0.39, 0.29) is 28.7 Å². The molecule has 8 nitrogen and oxygen atoms in total. The van der Waals surface area contributed by atoms with Crippen LogP contribution in [0, 0.1) is 19.8 Å². The lowest BCUT2D eigenvalue weighted by Crippen LogP contribution is -2.35. The number of aryl methyl sites for hydroxylation is 1. The summed E-state index contributed by atoms with van der Waals surface area (Å²) in [5.74, 6) is 0.538. The molecule has 2 aromatic rings. The topological polar surface area (TPSA) is 106 Å². The van der Waals surface area contributed by atoms with Crippen molar-refractivity contribution in [1.29, 1.82) is 0 Å². The van der Waals surface area contributed by atoms with Crippen molar-refractivity contribution in [3.8, 4) is 0 Å². The Kier molecular flexibility index (Phi) is 8.50. The fraction of sp³-hybridized carbons (Fsp3) is 0.545. The number of hydrogen-bond donors (Lipinski definition) is 2. The third-order valence-corrected chi connectivity index (χ3v) is 5.14. The summed E-state index contributed by atoms with van der Waals surface area (Å²) < 4.78 is 11.0. The van der Waals surface area contributed by atoms with Crippen LogP contribution in [-0.4, -0.2) is 33.6 Å². The van der Waals surface area contributed by atoms with Crippen molar-refractivity contribution < 1.29 is 18.7 Å². The summed E-state index contributed by atoms with van der Waals surface area (Å²) in [4.78, 5) is 24.5. The molecule has 2 amide bonds. The van der Waals surface area contributed by atoms with Crippen molar-refractivity contribution in [1.82, 2.24) is 15.5 Å². The molecule has 1 unspecified atom stereocenters. The largest absolute Gasteiger partial charge is 0.444 e. The van der Waals surface area contributed by atoms with Crippen LogP contribution in [0.5, 0.6) is 0 Å². The van der Waals surface area contributed by atoms with Crippen LogP contribution in [0.3, 0.4) is 0 Å². The third-order valence-electron chi connectivity index (χ3n) is 4.32. The molecule has 0 aliphatic rings. The first-order chi connectivity index (χ1) is 14.4. The molecule has 0 radical (unpaired) electrons. The zero-order chi connectivity index (χ0) is 23.2. The van der Waals surface area contributed by atoms with Gasteiger partial charge in [-0.1, -0.05) is 37.7 Å². The molecule has 0 saturated heterocycles. The van der Waals surface area contributed by atoms with E-state index in [0.717, 1.165) is 28.6 Å². The molecule has 31 heavy (non-hydrogen) atoms. The van der Waals surface area contributed by atoms with E-state index in [9.17, 15) is 9.59 Å². The number of ether oxygens (including phenoxy) is 1. The number of alkyl carbamates (subject to hydrolysis) is 1. The van der Waals surface area contributed by atoms with Gasteiger partial charge in [0.1, 0.15) is 11.6 Å². The fourth-order valence-corrected chi connectivity index (χ4v) is 3.33. The molecule has 1 aromatic heterocycles. The van der Waals surface area contributed by atoms with Gasteiger partial charge < -0.3 is 19.8 Å². The van der Waals surface area contributed by atoms with Crippen molar-refractivity contribution in [2.45, 2.75) is 71.8 Å². The predicted octanol–water partition coefficient (Wildman–Crippen LogP) is 5.03. The van der Waals surface area contributed by atoms with Gasteiger partial charge in [0.15, 0.2) is 0 Å². The number of thioether (sulfide) groups is 1. The maximum atomic E-state index is 12.3. The predicted molar refractivity (Wildman–Crippen MR) is 121 cm³/mol. The van der Waals surface area contributed by atoms with E-state index in [1.165, 1.54) is 0 Å². The van der Waals surface area contributed by atoms with Crippen LogP contribution in [0.2, 0.25) is 0 Å². The molecule has 1 atom stereocenters. The molecule has 0 aliphatic carbocycles. The molecule has 0 saturated carbocycles. The van der Waals surface area contributed by atoms with Gasteiger partial charge in [-0.15, -0.1) is 10.2 Å². The molecule has 0 spiro atoms. The van der Waals surface area contributed by atoms with Crippen LogP contribution in [0.15, 0.2) is 27.8 Å². The first-order valence-corrected chi connectivity index (χ1v) is 11.2. The molecule has 0 bridgehead atoms. The summed E-state index contributed by atoms with van der Waals surface area (Å²) in [6.45, 7) is 13.4. The lowest BCUT2D eigenvalue weighted by atomic mass is 10.0. The number of anilines is 1. The number of carbonyl (C=O) groups excluding carboxylic acids is 2. The number of aromatic nitrogens is 2. The first-order valence-electron chi connectivity index (χ1n) is 10.3. The van der Waals surface area contributed by atoms with E-state index in [1.807, 2.05) is 45.9 Å². The standard InChI is InChI=1S/C22H32N4O4S/c1-13(2)11-17(24-20(28)30-22(5,6)7)19-25-26-21(29-19)31-12-18(27)23-16-10-8-9-14(3)15(16)4/h8-10,13,17H,11-12H2,1-7H3,(H,23,27)(H,24,28). The molecule has 1 aromatic carbocycles. The van der Waals surface area contributed by atoms with E-state index in [2.05, 4.69) is 20.8 Å². The Morgan fingerprint density at radius 1 is 1.19 bits per heavy atom. The molecule has 0 aliphatic heterocycles. The minimum atomic E-state index is -0.606. The van der Waals surface area contributed by atoms with Crippen molar-refractivity contribution in [2.24, 2.45) is 5.92 Å².